The molecule has 2 aromatic rings. The quantitative estimate of drug-likeness (QED) is 0.356. The van der Waals surface area contributed by atoms with Crippen LogP contribution >= 0.6 is 0 Å². The molecule has 3 rings (SSSR count). The summed E-state index contributed by atoms with van der Waals surface area (Å²) in [5.41, 5.74) is 1.00. The minimum Gasteiger partial charge on any atom is -0.618 e. The lowest BCUT2D eigenvalue weighted by molar-refractivity contribution is -0.607. The van der Waals surface area contributed by atoms with Crippen molar-refractivity contribution in [1.29, 1.82) is 0 Å². The molecule has 13 heteroatoms. The van der Waals surface area contributed by atoms with Gasteiger partial charge in [0.25, 0.3) is 11.6 Å². The standard InChI is InChI=1S/C20H18F5N3O5/c1-8-13(10-3-4-11(21)14(22)15(10)29)16(33-19(8,2)20(23,24)25)18(31)27-9-5-6-28(32)12(7-9)17(26)30/h3-8,13,16,29H,1-2H3,(H2,26,30)(H,27,31)/t8-,13+,16-,19+/m1/s1. The van der Waals surface area contributed by atoms with E-state index in [2.05, 4.69) is 5.32 Å². The number of hydrogen-bond acceptors (Lipinski definition) is 5. The Labute approximate surface area is 183 Å². The van der Waals surface area contributed by atoms with Crippen LogP contribution in [0.1, 0.15) is 35.8 Å². The maximum Gasteiger partial charge on any atom is 0.417 e. The van der Waals surface area contributed by atoms with Gasteiger partial charge in [-0.2, -0.15) is 22.3 Å². The molecule has 2 heterocycles. The van der Waals surface area contributed by atoms with Crippen LogP contribution < -0.4 is 15.8 Å². The third-order valence-corrected chi connectivity index (χ3v) is 5.83. The number of rotatable bonds is 4. The predicted molar refractivity (Wildman–Crippen MR) is 102 cm³/mol. The Hall–Kier alpha value is -3.48. The molecule has 4 N–H and O–H groups in total. The molecule has 1 aromatic carbocycles. The summed E-state index contributed by atoms with van der Waals surface area (Å²) in [4.78, 5) is 24.3. The van der Waals surface area contributed by atoms with Crippen LogP contribution in [0, 0.1) is 22.8 Å². The third kappa shape index (κ3) is 4.03. The van der Waals surface area contributed by atoms with E-state index in [0.29, 0.717) is 13.0 Å². The molecule has 178 valence electrons. The molecule has 1 aliphatic rings. The molecule has 1 fully saturated rings. The van der Waals surface area contributed by atoms with Crippen molar-refractivity contribution in [1.82, 2.24) is 0 Å². The van der Waals surface area contributed by atoms with Crippen molar-refractivity contribution in [3.63, 3.8) is 0 Å². The largest absolute Gasteiger partial charge is 0.618 e. The summed E-state index contributed by atoms with van der Waals surface area (Å²) in [6.45, 7) is 1.79. The molecule has 0 spiro atoms. The topological polar surface area (TPSA) is 129 Å². The van der Waals surface area contributed by atoms with Gasteiger partial charge in [-0.3, -0.25) is 9.59 Å². The van der Waals surface area contributed by atoms with Crippen LogP contribution in [-0.4, -0.2) is 34.8 Å². The van der Waals surface area contributed by atoms with E-state index in [1.54, 1.807) is 0 Å². The van der Waals surface area contributed by atoms with Crippen LogP contribution in [0.2, 0.25) is 0 Å². The van der Waals surface area contributed by atoms with Crippen LogP contribution in [0.4, 0.5) is 27.6 Å². The molecule has 0 radical (unpaired) electrons. The number of benzene rings is 1. The number of aromatic nitrogens is 1. The summed E-state index contributed by atoms with van der Waals surface area (Å²) in [6.07, 6.45) is -6.04. The number of anilines is 1. The van der Waals surface area contributed by atoms with Gasteiger partial charge in [0, 0.05) is 29.5 Å². The zero-order chi connectivity index (χ0) is 24.9. The maximum absolute atomic E-state index is 14.0. The van der Waals surface area contributed by atoms with Crippen molar-refractivity contribution in [2.45, 2.75) is 37.6 Å². The molecular weight excluding hydrogens is 457 g/mol. The van der Waals surface area contributed by atoms with Crippen LogP contribution in [-0.2, 0) is 9.53 Å². The number of carbonyl (C=O) groups is 2. The Kier molecular flexibility index (Phi) is 5.96. The van der Waals surface area contributed by atoms with E-state index in [0.717, 1.165) is 31.3 Å². The summed E-state index contributed by atoms with van der Waals surface area (Å²) in [5.74, 6) is -9.71. The van der Waals surface area contributed by atoms with E-state index < -0.39 is 70.2 Å². The Morgan fingerprint density at radius 1 is 1.27 bits per heavy atom. The van der Waals surface area contributed by atoms with Gasteiger partial charge in [0.15, 0.2) is 23.4 Å². The monoisotopic (exact) mass is 475 g/mol. The number of aromatic hydroxyl groups is 1. The molecule has 0 aliphatic carbocycles. The second-order valence-electron chi connectivity index (χ2n) is 7.74. The van der Waals surface area contributed by atoms with E-state index in [-0.39, 0.29) is 10.4 Å². The van der Waals surface area contributed by atoms with E-state index >= 15 is 0 Å². The van der Waals surface area contributed by atoms with Crippen molar-refractivity contribution >= 4 is 17.5 Å². The summed E-state index contributed by atoms with van der Waals surface area (Å²) in [7, 11) is 0. The van der Waals surface area contributed by atoms with Gasteiger partial charge in [-0.15, -0.1) is 0 Å². The van der Waals surface area contributed by atoms with Gasteiger partial charge in [0.2, 0.25) is 5.82 Å². The Bertz CT molecular complexity index is 1130. The zero-order valence-corrected chi connectivity index (χ0v) is 17.1. The van der Waals surface area contributed by atoms with Crippen molar-refractivity contribution in [3.05, 3.63) is 58.6 Å². The molecule has 4 atom stereocenters. The molecule has 1 saturated heterocycles. The lowest BCUT2D eigenvalue weighted by Gasteiger charge is -2.31. The number of nitrogens with two attached hydrogens (primary N) is 1. The third-order valence-electron chi connectivity index (χ3n) is 5.83. The second kappa shape index (κ2) is 8.14. The second-order valence-corrected chi connectivity index (χ2v) is 7.74. The number of pyridine rings is 1. The average molecular weight is 475 g/mol. The molecule has 0 saturated carbocycles. The first-order valence-corrected chi connectivity index (χ1v) is 9.44. The van der Waals surface area contributed by atoms with E-state index in [9.17, 15) is 41.9 Å². The number of phenolic OH excluding ortho intramolecular Hbond substituents is 1. The predicted octanol–water partition coefficient (Wildman–Crippen LogP) is 2.48. The molecule has 0 unspecified atom stereocenters. The summed E-state index contributed by atoms with van der Waals surface area (Å²) >= 11 is 0. The highest BCUT2D eigenvalue weighted by atomic mass is 19.4. The number of ether oxygens (including phenoxy) is 1. The highest BCUT2D eigenvalue weighted by Crippen LogP contribution is 2.54. The van der Waals surface area contributed by atoms with Crippen molar-refractivity contribution < 1.29 is 46.1 Å². The van der Waals surface area contributed by atoms with E-state index in [4.69, 9.17) is 10.5 Å². The number of alkyl halides is 3. The molecular formula is C20H18F5N3O5. The van der Waals surface area contributed by atoms with Gasteiger partial charge in [-0.05, 0) is 13.0 Å². The minimum absolute atomic E-state index is 0.120. The number of hydrogen-bond donors (Lipinski definition) is 3. The summed E-state index contributed by atoms with van der Waals surface area (Å²) in [5, 5.41) is 23.9. The van der Waals surface area contributed by atoms with Crippen LogP contribution in [0.25, 0.3) is 0 Å². The van der Waals surface area contributed by atoms with E-state index in [1.807, 2.05) is 0 Å². The fraction of sp³-hybridized carbons (Fsp3) is 0.350. The van der Waals surface area contributed by atoms with E-state index in [1.165, 1.54) is 0 Å². The van der Waals surface area contributed by atoms with Gasteiger partial charge in [0.1, 0.15) is 6.10 Å². The Morgan fingerprint density at radius 2 is 1.91 bits per heavy atom. The van der Waals surface area contributed by atoms with Gasteiger partial charge < -0.3 is 26.1 Å². The average Bonchev–Trinajstić information content (AvgIpc) is 3.00. The number of primary amides is 1. The van der Waals surface area contributed by atoms with Crippen LogP contribution in [0.15, 0.2) is 30.5 Å². The normalized spacial score (nSPS) is 25.1. The lowest BCUT2D eigenvalue weighted by atomic mass is 9.77. The molecule has 1 aliphatic heterocycles. The Balaban J connectivity index is 2.05. The minimum atomic E-state index is -4.96. The number of amides is 2. The Morgan fingerprint density at radius 3 is 2.48 bits per heavy atom. The molecule has 33 heavy (non-hydrogen) atoms. The fourth-order valence-corrected chi connectivity index (χ4v) is 3.81. The number of carbonyl (C=O) groups excluding carboxylic acids is 2. The summed E-state index contributed by atoms with van der Waals surface area (Å²) in [6, 6.07) is 3.44. The molecule has 1 aromatic heterocycles. The van der Waals surface area contributed by atoms with Gasteiger partial charge in [-0.1, -0.05) is 13.0 Å². The first-order valence-electron chi connectivity index (χ1n) is 9.44. The SMILES string of the molecule is C[C@@H]1[C@@H](c2ccc(F)c(F)c2O)[C@H](C(=O)Nc2cc[n+]([O-])c(C(N)=O)c2)O[C@]1(C)C(F)(F)F. The summed E-state index contributed by atoms with van der Waals surface area (Å²) < 4.78 is 74.2. The van der Waals surface area contributed by atoms with Crippen molar-refractivity contribution in [3.8, 4) is 5.75 Å². The molecule has 0 bridgehead atoms. The number of halogens is 5. The fourth-order valence-electron chi connectivity index (χ4n) is 3.81. The maximum atomic E-state index is 14.0. The number of nitrogens with zero attached hydrogens (tertiary/aromatic N) is 1. The first kappa shape index (κ1) is 24.2. The highest BCUT2D eigenvalue weighted by Gasteiger charge is 2.65. The first-order chi connectivity index (χ1) is 15.2. The number of phenols is 1. The van der Waals surface area contributed by atoms with Crippen LogP contribution in [0.3, 0.4) is 0 Å². The highest BCUT2D eigenvalue weighted by molar-refractivity contribution is 5.97. The van der Waals surface area contributed by atoms with Gasteiger partial charge >= 0.3 is 12.1 Å². The molecule has 2 amide bonds. The smallest absolute Gasteiger partial charge is 0.417 e. The van der Waals surface area contributed by atoms with Crippen molar-refractivity contribution in [2.24, 2.45) is 11.7 Å². The zero-order valence-electron chi connectivity index (χ0n) is 17.1. The lowest BCUT2D eigenvalue weighted by Crippen LogP contribution is -2.47. The molecule has 8 nitrogen and oxygen atoms in total. The van der Waals surface area contributed by atoms with Gasteiger partial charge in [0.05, 0.1) is 5.69 Å². The van der Waals surface area contributed by atoms with Crippen molar-refractivity contribution in [2.75, 3.05) is 5.32 Å². The van der Waals surface area contributed by atoms with Crippen LogP contribution in [0.5, 0.6) is 5.75 Å². The van der Waals surface area contributed by atoms with Gasteiger partial charge in [-0.25, -0.2) is 4.39 Å². The number of nitrogens with one attached hydrogen (secondary N) is 1.